The molecule has 1 aliphatic rings. The van der Waals surface area contributed by atoms with Gasteiger partial charge in [-0.05, 0) is 44.4 Å². The van der Waals surface area contributed by atoms with Crippen molar-refractivity contribution in [3.8, 4) is 5.75 Å². The molecule has 164 valence electrons. The number of aliphatic imine (C=N–C) groups is 1. The molecule has 30 heavy (non-hydrogen) atoms. The highest BCUT2D eigenvalue weighted by Crippen LogP contribution is 2.23. The van der Waals surface area contributed by atoms with Crippen LogP contribution in [0, 0.1) is 0 Å². The van der Waals surface area contributed by atoms with E-state index < -0.39 is 0 Å². The summed E-state index contributed by atoms with van der Waals surface area (Å²) in [4.78, 5) is 11.3. The monoisotopic (exact) mass is 523 g/mol. The Hall–Kier alpha value is -1.87. The molecule has 1 fully saturated rings. The zero-order valence-corrected chi connectivity index (χ0v) is 20.3. The van der Waals surface area contributed by atoms with E-state index in [1.807, 2.05) is 12.1 Å². The molecule has 3 rings (SSSR count). The van der Waals surface area contributed by atoms with Gasteiger partial charge < -0.3 is 15.4 Å². The van der Waals surface area contributed by atoms with E-state index in [2.05, 4.69) is 69.7 Å². The molecule has 0 saturated carbocycles. The number of piperidine rings is 1. The van der Waals surface area contributed by atoms with E-state index in [1.54, 1.807) is 12.4 Å². The largest absolute Gasteiger partial charge is 0.490 e. The molecule has 2 aromatic rings. The molecule has 1 aliphatic heterocycles. The van der Waals surface area contributed by atoms with Gasteiger partial charge in [0.15, 0.2) is 5.96 Å². The summed E-state index contributed by atoms with van der Waals surface area (Å²) in [5.74, 6) is 1.65. The van der Waals surface area contributed by atoms with Gasteiger partial charge in [-0.3, -0.25) is 9.88 Å². The van der Waals surface area contributed by atoms with E-state index in [9.17, 15) is 0 Å². The summed E-state index contributed by atoms with van der Waals surface area (Å²) in [6.07, 6.45) is 5.70. The van der Waals surface area contributed by atoms with Crippen molar-refractivity contribution in [1.29, 1.82) is 0 Å². The van der Waals surface area contributed by atoms with Crippen molar-refractivity contribution >= 4 is 29.9 Å². The van der Waals surface area contributed by atoms with Crippen LogP contribution in [0.3, 0.4) is 0 Å². The molecule has 2 heterocycles. The summed E-state index contributed by atoms with van der Waals surface area (Å²) in [5.41, 5.74) is 1.39. The average molecular weight is 523 g/mol. The van der Waals surface area contributed by atoms with Gasteiger partial charge in [0.1, 0.15) is 12.4 Å². The molecular formula is C23H34IN5O. The zero-order chi connectivity index (χ0) is 20.3. The van der Waals surface area contributed by atoms with Gasteiger partial charge in [-0.2, -0.15) is 0 Å². The Morgan fingerprint density at radius 2 is 1.97 bits per heavy atom. The number of benzene rings is 1. The first-order chi connectivity index (χ1) is 14.3. The number of ether oxygens (including phenoxy) is 1. The molecule has 6 nitrogen and oxygen atoms in total. The van der Waals surface area contributed by atoms with Gasteiger partial charge in [0.05, 0.1) is 12.7 Å². The summed E-state index contributed by atoms with van der Waals surface area (Å²) in [6, 6.07) is 15.5. The number of halogens is 1. The van der Waals surface area contributed by atoms with Crippen LogP contribution in [0.15, 0.2) is 59.9 Å². The number of nitrogens with zero attached hydrogens (tertiary/aromatic N) is 3. The number of rotatable bonds is 8. The van der Waals surface area contributed by atoms with Gasteiger partial charge in [-0.25, -0.2) is 4.99 Å². The highest BCUT2D eigenvalue weighted by molar-refractivity contribution is 14.0. The van der Waals surface area contributed by atoms with Crippen molar-refractivity contribution < 1.29 is 4.74 Å². The van der Waals surface area contributed by atoms with Gasteiger partial charge in [0.2, 0.25) is 0 Å². The molecule has 1 unspecified atom stereocenters. The van der Waals surface area contributed by atoms with Crippen molar-refractivity contribution in [2.24, 2.45) is 4.99 Å². The van der Waals surface area contributed by atoms with Crippen LogP contribution < -0.4 is 15.4 Å². The third kappa shape index (κ3) is 7.75. The van der Waals surface area contributed by atoms with Crippen LogP contribution in [0.2, 0.25) is 0 Å². The third-order valence-electron chi connectivity index (χ3n) is 5.31. The van der Waals surface area contributed by atoms with Crippen LogP contribution >= 0.6 is 24.0 Å². The second-order valence-corrected chi connectivity index (χ2v) is 7.34. The molecule has 0 amide bonds. The van der Waals surface area contributed by atoms with Crippen LogP contribution in [0.5, 0.6) is 5.75 Å². The Kier molecular flexibility index (Phi) is 10.9. The molecule has 1 aromatic heterocycles. The summed E-state index contributed by atoms with van der Waals surface area (Å²) < 4.78 is 5.68. The van der Waals surface area contributed by atoms with Crippen molar-refractivity contribution in [2.45, 2.75) is 38.8 Å². The SMILES string of the molecule is CCNC(=NCCOc1cccnc1)NC1CCN(C(C)c2ccccc2)CC1.I. The van der Waals surface area contributed by atoms with Gasteiger partial charge in [0.25, 0.3) is 0 Å². The Labute approximate surface area is 197 Å². The average Bonchev–Trinajstić information content (AvgIpc) is 2.78. The van der Waals surface area contributed by atoms with Crippen LogP contribution in [0.4, 0.5) is 0 Å². The molecule has 7 heteroatoms. The Bertz CT molecular complexity index is 736. The quantitative estimate of drug-likeness (QED) is 0.238. The second-order valence-electron chi connectivity index (χ2n) is 7.34. The van der Waals surface area contributed by atoms with Crippen molar-refractivity contribution in [1.82, 2.24) is 20.5 Å². The van der Waals surface area contributed by atoms with Crippen LogP contribution in [-0.4, -0.2) is 54.7 Å². The first-order valence-electron chi connectivity index (χ1n) is 10.6. The fourth-order valence-electron chi connectivity index (χ4n) is 3.64. The maximum absolute atomic E-state index is 5.68. The smallest absolute Gasteiger partial charge is 0.191 e. The minimum absolute atomic E-state index is 0. The summed E-state index contributed by atoms with van der Waals surface area (Å²) in [6.45, 7) is 8.57. The van der Waals surface area contributed by atoms with Gasteiger partial charge in [0, 0.05) is 37.9 Å². The van der Waals surface area contributed by atoms with E-state index in [1.165, 1.54) is 5.56 Å². The first-order valence-corrected chi connectivity index (χ1v) is 10.6. The van der Waals surface area contributed by atoms with E-state index in [0.29, 0.717) is 25.2 Å². The number of nitrogens with one attached hydrogen (secondary N) is 2. The number of hydrogen-bond acceptors (Lipinski definition) is 4. The topological polar surface area (TPSA) is 61.8 Å². The summed E-state index contributed by atoms with van der Waals surface area (Å²) >= 11 is 0. The molecule has 1 saturated heterocycles. The predicted octanol–water partition coefficient (Wildman–Crippen LogP) is 3.86. The predicted molar refractivity (Wildman–Crippen MR) is 134 cm³/mol. The zero-order valence-electron chi connectivity index (χ0n) is 18.0. The van der Waals surface area contributed by atoms with Crippen molar-refractivity contribution in [3.63, 3.8) is 0 Å². The van der Waals surface area contributed by atoms with Gasteiger partial charge >= 0.3 is 0 Å². The molecule has 1 atom stereocenters. The standard InChI is InChI=1S/C23H33N5O.HI/c1-3-25-23(26-14-17-29-22-10-7-13-24-18-22)27-21-11-15-28(16-12-21)19(2)20-8-5-4-6-9-20;/h4-10,13,18-19,21H,3,11-12,14-17H2,1-2H3,(H2,25,26,27);1H. The van der Waals surface area contributed by atoms with Crippen molar-refractivity contribution in [3.05, 3.63) is 60.4 Å². The normalized spacial score (nSPS) is 16.4. The number of hydrogen-bond donors (Lipinski definition) is 2. The van der Waals surface area contributed by atoms with Gasteiger partial charge in [-0.1, -0.05) is 30.3 Å². The highest BCUT2D eigenvalue weighted by Gasteiger charge is 2.23. The summed E-state index contributed by atoms with van der Waals surface area (Å²) in [7, 11) is 0. The number of guanidine groups is 1. The maximum Gasteiger partial charge on any atom is 0.191 e. The minimum atomic E-state index is 0. The lowest BCUT2D eigenvalue weighted by Crippen LogP contribution is -2.49. The lowest BCUT2D eigenvalue weighted by Gasteiger charge is -2.37. The second kappa shape index (κ2) is 13.4. The molecule has 0 spiro atoms. The minimum Gasteiger partial charge on any atom is -0.490 e. The van der Waals surface area contributed by atoms with Crippen LogP contribution in [0.1, 0.15) is 38.3 Å². The van der Waals surface area contributed by atoms with E-state index in [4.69, 9.17) is 4.74 Å². The van der Waals surface area contributed by atoms with Crippen LogP contribution in [0.25, 0.3) is 0 Å². The number of pyridine rings is 1. The molecule has 0 aliphatic carbocycles. The number of likely N-dealkylation sites (tertiary alicyclic amines) is 1. The first kappa shape index (κ1) is 24.4. The Balaban J connectivity index is 0.00000320. The lowest BCUT2D eigenvalue weighted by molar-refractivity contribution is 0.158. The Morgan fingerprint density at radius 1 is 1.20 bits per heavy atom. The number of aromatic nitrogens is 1. The maximum atomic E-state index is 5.68. The highest BCUT2D eigenvalue weighted by atomic mass is 127. The van der Waals surface area contributed by atoms with E-state index in [0.717, 1.165) is 44.2 Å². The molecule has 0 bridgehead atoms. The van der Waals surface area contributed by atoms with E-state index >= 15 is 0 Å². The van der Waals surface area contributed by atoms with Crippen molar-refractivity contribution in [2.75, 3.05) is 32.8 Å². The molecule has 2 N–H and O–H groups in total. The molecular weight excluding hydrogens is 489 g/mol. The Morgan fingerprint density at radius 3 is 2.63 bits per heavy atom. The van der Waals surface area contributed by atoms with E-state index in [-0.39, 0.29) is 24.0 Å². The fourth-order valence-corrected chi connectivity index (χ4v) is 3.64. The summed E-state index contributed by atoms with van der Waals surface area (Å²) in [5, 5.41) is 6.94. The molecule has 0 radical (unpaired) electrons. The van der Waals surface area contributed by atoms with Crippen LogP contribution in [-0.2, 0) is 0 Å². The lowest BCUT2D eigenvalue weighted by atomic mass is 10.0. The third-order valence-corrected chi connectivity index (χ3v) is 5.31. The fraction of sp³-hybridized carbons (Fsp3) is 0.478. The van der Waals surface area contributed by atoms with Gasteiger partial charge in [-0.15, -0.1) is 24.0 Å². The molecule has 1 aromatic carbocycles.